The number of likely N-dealkylation sites (tertiary alicyclic amines) is 1. The molecule has 0 saturated carbocycles. The predicted octanol–water partition coefficient (Wildman–Crippen LogP) is 3.72. The number of fused-ring (bicyclic) bond motifs is 1. The predicted molar refractivity (Wildman–Crippen MR) is 101 cm³/mol. The van der Waals surface area contributed by atoms with E-state index in [9.17, 15) is 9.90 Å². The third-order valence-electron chi connectivity index (χ3n) is 5.17. The summed E-state index contributed by atoms with van der Waals surface area (Å²) in [5, 5.41) is 9.38. The topological polar surface area (TPSA) is 69.2 Å². The van der Waals surface area contributed by atoms with Crippen molar-refractivity contribution in [1.29, 1.82) is 0 Å². The second-order valence-electron chi connectivity index (χ2n) is 7.11. The summed E-state index contributed by atoms with van der Waals surface area (Å²) in [5.74, 6) is 0.738. The van der Waals surface area contributed by atoms with E-state index in [-0.39, 0.29) is 0 Å². The summed E-state index contributed by atoms with van der Waals surface area (Å²) >= 11 is 0. The Bertz CT molecular complexity index is 885. The van der Waals surface area contributed by atoms with Crippen LogP contribution in [0.4, 0.5) is 0 Å². The standard InChI is InChI=1S/C21H23N3O2/c25-21(26)17-8-2-1-7-16(17)14-24-11-5-6-15(13-24)12-20-22-18-9-3-4-10-19(18)23-20/h1-4,7-10,15H,5-6,11-14H2,(H,22,23)(H,25,26). The van der Waals surface area contributed by atoms with Crippen LogP contribution >= 0.6 is 0 Å². The van der Waals surface area contributed by atoms with Gasteiger partial charge in [-0.3, -0.25) is 4.90 Å². The molecule has 5 nitrogen and oxygen atoms in total. The van der Waals surface area contributed by atoms with Crippen molar-refractivity contribution in [3.05, 3.63) is 65.5 Å². The Morgan fingerprint density at radius 2 is 2.00 bits per heavy atom. The van der Waals surface area contributed by atoms with Crippen LogP contribution in [0.15, 0.2) is 48.5 Å². The Morgan fingerprint density at radius 1 is 1.19 bits per heavy atom. The van der Waals surface area contributed by atoms with Crippen molar-refractivity contribution in [3.63, 3.8) is 0 Å². The lowest BCUT2D eigenvalue weighted by Gasteiger charge is -2.32. The van der Waals surface area contributed by atoms with Crippen molar-refractivity contribution in [2.75, 3.05) is 13.1 Å². The van der Waals surface area contributed by atoms with Crippen molar-refractivity contribution in [1.82, 2.24) is 14.9 Å². The maximum Gasteiger partial charge on any atom is 0.336 e. The van der Waals surface area contributed by atoms with E-state index in [1.54, 1.807) is 12.1 Å². The molecule has 1 aliphatic heterocycles. The fourth-order valence-corrected chi connectivity index (χ4v) is 3.94. The number of aromatic amines is 1. The molecule has 1 fully saturated rings. The highest BCUT2D eigenvalue weighted by Gasteiger charge is 2.22. The molecule has 0 spiro atoms. The number of carbonyl (C=O) groups is 1. The molecule has 1 unspecified atom stereocenters. The van der Waals surface area contributed by atoms with Crippen LogP contribution in [0.3, 0.4) is 0 Å². The second kappa shape index (κ2) is 7.30. The molecule has 0 bridgehead atoms. The highest BCUT2D eigenvalue weighted by atomic mass is 16.4. The first-order valence-corrected chi connectivity index (χ1v) is 9.16. The summed E-state index contributed by atoms with van der Waals surface area (Å²) in [6.45, 7) is 2.69. The van der Waals surface area contributed by atoms with Crippen molar-refractivity contribution >= 4 is 17.0 Å². The van der Waals surface area contributed by atoms with Gasteiger partial charge in [0.05, 0.1) is 16.6 Å². The molecule has 134 valence electrons. The Kier molecular flexibility index (Phi) is 4.71. The number of nitrogens with one attached hydrogen (secondary N) is 1. The quantitative estimate of drug-likeness (QED) is 0.737. The van der Waals surface area contributed by atoms with Crippen LogP contribution in [0.25, 0.3) is 11.0 Å². The number of aromatic carboxylic acids is 1. The van der Waals surface area contributed by atoms with Gasteiger partial charge in [0.15, 0.2) is 0 Å². The molecule has 2 N–H and O–H groups in total. The summed E-state index contributed by atoms with van der Waals surface area (Å²) in [5.41, 5.74) is 3.41. The lowest BCUT2D eigenvalue weighted by atomic mass is 9.94. The third-order valence-corrected chi connectivity index (χ3v) is 5.17. The minimum Gasteiger partial charge on any atom is -0.478 e. The van der Waals surface area contributed by atoms with Gasteiger partial charge in [-0.1, -0.05) is 30.3 Å². The lowest BCUT2D eigenvalue weighted by molar-refractivity contribution is 0.0693. The van der Waals surface area contributed by atoms with Gasteiger partial charge in [-0.2, -0.15) is 0 Å². The zero-order chi connectivity index (χ0) is 17.9. The average Bonchev–Trinajstić information content (AvgIpc) is 3.04. The van der Waals surface area contributed by atoms with Gasteiger partial charge in [0.25, 0.3) is 0 Å². The van der Waals surface area contributed by atoms with Crippen molar-refractivity contribution in [2.24, 2.45) is 5.92 Å². The van der Waals surface area contributed by atoms with Crippen molar-refractivity contribution in [3.8, 4) is 0 Å². The van der Waals surface area contributed by atoms with E-state index >= 15 is 0 Å². The van der Waals surface area contributed by atoms with E-state index in [0.717, 1.165) is 48.4 Å². The number of carboxylic acids is 1. The van der Waals surface area contributed by atoms with Gasteiger partial charge in [-0.25, -0.2) is 9.78 Å². The van der Waals surface area contributed by atoms with Crippen LogP contribution < -0.4 is 0 Å². The molecular formula is C21H23N3O2. The van der Waals surface area contributed by atoms with Crippen LogP contribution in [-0.4, -0.2) is 39.0 Å². The van der Waals surface area contributed by atoms with E-state index in [1.165, 1.54) is 6.42 Å². The average molecular weight is 349 g/mol. The summed E-state index contributed by atoms with van der Waals surface area (Å²) in [4.78, 5) is 21.9. The van der Waals surface area contributed by atoms with E-state index in [0.29, 0.717) is 18.0 Å². The number of benzene rings is 2. The summed E-state index contributed by atoms with van der Waals surface area (Å²) < 4.78 is 0. The molecule has 0 radical (unpaired) electrons. The molecule has 1 atom stereocenters. The maximum absolute atomic E-state index is 11.4. The summed E-state index contributed by atoms with van der Waals surface area (Å²) in [7, 11) is 0. The molecule has 3 aromatic rings. The Labute approximate surface area is 152 Å². The lowest BCUT2D eigenvalue weighted by Crippen LogP contribution is -2.36. The number of H-pyrrole nitrogens is 1. The van der Waals surface area contributed by atoms with Crippen molar-refractivity contribution in [2.45, 2.75) is 25.8 Å². The highest BCUT2D eigenvalue weighted by Crippen LogP contribution is 2.23. The Balaban J connectivity index is 1.43. The van der Waals surface area contributed by atoms with Gasteiger partial charge in [-0.05, 0) is 49.1 Å². The zero-order valence-electron chi connectivity index (χ0n) is 14.7. The SMILES string of the molecule is O=C(O)c1ccccc1CN1CCCC(Cc2nc3ccccc3[nH]2)C1. The van der Waals surface area contributed by atoms with Gasteiger partial charge in [0.1, 0.15) is 5.82 Å². The molecule has 2 heterocycles. The molecule has 26 heavy (non-hydrogen) atoms. The first-order chi connectivity index (χ1) is 12.7. The number of imidazole rings is 1. The van der Waals surface area contributed by atoms with E-state index in [4.69, 9.17) is 4.98 Å². The smallest absolute Gasteiger partial charge is 0.336 e. The van der Waals surface area contributed by atoms with Gasteiger partial charge >= 0.3 is 5.97 Å². The normalized spacial score (nSPS) is 18.2. The molecular weight excluding hydrogens is 326 g/mol. The first kappa shape index (κ1) is 16.8. The van der Waals surface area contributed by atoms with Gasteiger partial charge < -0.3 is 10.1 Å². The van der Waals surface area contributed by atoms with Crippen LogP contribution in [-0.2, 0) is 13.0 Å². The monoisotopic (exact) mass is 349 g/mol. The van der Waals surface area contributed by atoms with Crippen molar-refractivity contribution < 1.29 is 9.90 Å². The summed E-state index contributed by atoms with van der Waals surface area (Å²) in [6.07, 6.45) is 3.26. The number of carboxylic acid groups (broad SMARTS) is 1. The number of piperidine rings is 1. The number of para-hydroxylation sites is 2. The number of nitrogens with zero attached hydrogens (tertiary/aromatic N) is 2. The maximum atomic E-state index is 11.4. The van der Waals surface area contributed by atoms with Gasteiger partial charge in [-0.15, -0.1) is 0 Å². The van der Waals surface area contributed by atoms with Crippen LogP contribution in [0.5, 0.6) is 0 Å². The molecule has 5 heteroatoms. The van der Waals surface area contributed by atoms with Crippen LogP contribution in [0.2, 0.25) is 0 Å². The highest BCUT2D eigenvalue weighted by molar-refractivity contribution is 5.89. The molecule has 1 aromatic heterocycles. The second-order valence-corrected chi connectivity index (χ2v) is 7.11. The fraction of sp³-hybridized carbons (Fsp3) is 0.333. The minimum absolute atomic E-state index is 0.409. The van der Waals surface area contributed by atoms with E-state index in [1.807, 2.05) is 30.3 Å². The number of hydrogen-bond donors (Lipinski definition) is 2. The van der Waals surface area contributed by atoms with Gasteiger partial charge in [0, 0.05) is 19.5 Å². The fourth-order valence-electron chi connectivity index (χ4n) is 3.94. The zero-order valence-corrected chi connectivity index (χ0v) is 14.7. The third kappa shape index (κ3) is 3.63. The Morgan fingerprint density at radius 3 is 2.85 bits per heavy atom. The molecule has 2 aromatic carbocycles. The number of aromatic nitrogens is 2. The number of hydrogen-bond acceptors (Lipinski definition) is 3. The van der Waals surface area contributed by atoms with Crippen LogP contribution in [0.1, 0.15) is 34.6 Å². The Hall–Kier alpha value is -2.66. The van der Waals surface area contributed by atoms with E-state index in [2.05, 4.69) is 16.0 Å². The first-order valence-electron chi connectivity index (χ1n) is 9.16. The number of rotatable bonds is 5. The molecule has 0 amide bonds. The van der Waals surface area contributed by atoms with E-state index < -0.39 is 5.97 Å². The minimum atomic E-state index is -0.851. The molecule has 1 saturated heterocycles. The summed E-state index contributed by atoms with van der Waals surface area (Å²) in [6, 6.07) is 15.4. The molecule has 1 aliphatic rings. The largest absolute Gasteiger partial charge is 0.478 e. The van der Waals surface area contributed by atoms with Gasteiger partial charge in [0.2, 0.25) is 0 Å². The molecule has 4 rings (SSSR count). The molecule has 0 aliphatic carbocycles. The van der Waals surface area contributed by atoms with Crippen LogP contribution in [0, 0.1) is 5.92 Å².